The second-order valence-corrected chi connectivity index (χ2v) is 12.9. The van der Waals surface area contributed by atoms with E-state index in [-0.39, 0.29) is 28.4 Å². The Morgan fingerprint density at radius 3 is 1.79 bits per heavy atom. The minimum Gasteiger partial charge on any atom is -0.508 e. The highest BCUT2D eigenvalue weighted by atomic mass is 16.7. The molecule has 3 fully saturated rings. The Hall–Kier alpha value is -3.67. The van der Waals surface area contributed by atoms with Crippen molar-refractivity contribution in [2.75, 3.05) is 6.61 Å². The summed E-state index contributed by atoms with van der Waals surface area (Å²) in [7, 11) is 0. The Kier molecular flexibility index (Phi) is 11.0. The molecule has 11 N–H and O–H groups in total. The molecule has 4 heterocycles. The van der Waals surface area contributed by atoms with Gasteiger partial charge in [0.2, 0.25) is 23.8 Å². The smallest absolute Gasteiger partial charge is 0.239 e. The summed E-state index contributed by atoms with van der Waals surface area (Å²) in [4.78, 5) is 14.0. The predicted molar refractivity (Wildman–Crippen MR) is 170 cm³/mol. The molecule has 3 saturated heterocycles. The van der Waals surface area contributed by atoms with E-state index in [1.165, 1.54) is 44.2 Å². The van der Waals surface area contributed by atoms with Crippen molar-refractivity contribution in [1.29, 1.82) is 0 Å². The highest BCUT2D eigenvalue weighted by molar-refractivity contribution is 5.88. The molecule has 0 radical (unpaired) electrons. The van der Waals surface area contributed by atoms with Crippen molar-refractivity contribution in [1.82, 2.24) is 0 Å². The topological polar surface area (TPSA) is 308 Å². The fourth-order valence-corrected chi connectivity index (χ4v) is 6.09. The zero-order chi connectivity index (χ0) is 37.8. The number of ether oxygens (including phenoxy) is 6. The number of hydrogen-bond donors (Lipinski definition) is 11. The lowest BCUT2D eigenvalue weighted by Crippen LogP contribution is -2.61. The van der Waals surface area contributed by atoms with Crippen LogP contribution in [-0.2, 0) is 18.9 Å². The van der Waals surface area contributed by atoms with Gasteiger partial charge in [-0.15, -0.1) is 0 Å². The van der Waals surface area contributed by atoms with E-state index in [1.54, 1.807) is 0 Å². The lowest BCUT2D eigenvalue weighted by Gasteiger charge is -2.42. The van der Waals surface area contributed by atoms with Crippen molar-refractivity contribution in [2.24, 2.45) is 0 Å². The van der Waals surface area contributed by atoms with Crippen LogP contribution in [0.15, 0.2) is 45.6 Å². The van der Waals surface area contributed by atoms with Crippen LogP contribution in [0.1, 0.15) is 13.8 Å². The highest BCUT2D eigenvalue weighted by Gasteiger charge is 2.48. The maximum atomic E-state index is 14.0. The van der Waals surface area contributed by atoms with Crippen LogP contribution >= 0.6 is 0 Å². The number of phenols is 2. The van der Waals surface area contributed by atoms with Crippen molar-refractivity contribution in [2.45, 2.75) is 106 Å². The summed E-state index contributed by atoms with van der Waals surface area (Å²) in [6.07, 6.45) is -23.5. The van der Waals surface area contributed by atoms with Crippen molar-refractivity contribution in [3.05, 3.63) is 46.6 Å². The van der Waals surface area contributed by atoms with E-state index in [9.17, 15) is 61.0 Å². The summed E-state index contributed by atoms with van der Waals surface area (Å²) in [5.74, 6) is -2.01. The van der Waals surface area contributed by atoms with Crippen LogP contribution in [0, 0.1) is 0 Å². The molecule has 3 aliphatic rings. The van der Waals surface area contributed by atoms with E-state index in [0.717, 1.165) is 6.07 Å². The van der Waals surface area contributed by atoms with E-state index < -0.39 is 121 Å². The Balaban J connectivity index is 1.32. The van der Waals surface area contributed by atoms with Crippen LogP contribution in [0.5, 0.6) is 23.0 Å². The molecule has 0 saturated carbocycles. The SMILES string of the molecule is C[C@@H]1O[C@@H](OC[C@H]2O[C@@H](Oc3c(-c4ccc(O)cc4)oc4cc(O[C@@H]5O[C@@H](C)[C@H](O)[C@@H](O)[C@H]5O)cc(O)c4c3=O)[C@@H](O)[C@@H](O)[C@H]2O)[C@H](O)[C@H](O)[C@H]1O. The normalized spacial score (nSPS) is 38.2. The molecule has 6 rings (SSSR count). The lowest BCUT2D eigenvalue weighted by molar-refractivity contribution is -0.318. The molecule has 3 aromatic rings. The van der Waals surface area contributed by atoms with Gasteiger partial charge in [0.05, 0.1) is 18.8 Å². The summed E-state index contributed by atoms with van der Waals surface area (Å²) in [6, 6.07) is 7.38. The van der Waals surface area contributed by atoms with Gasteiger partial charge in [0.15, 0.2) is 12.1 Å². The van der Waals surface area contributed by atoms with Crippen LogP contribution in [-0.4, -0.2) is 155 Å². The largest absolute Gasteiger partial charge is 0.508 e. The van der Waals surface area contributed by atoms with Gasteiger partial charge in [0.25, 0.3) is 0 Å². The first-order chi connectivity index (χ1) is 24.6. The van der Waals surface area contributed by atoms with Crippen LogP contribution in [0.2, 0.25) is 0 Å². The van der Waals surface area contributed by atoms with Crippen LogP contribution < -0.4 is 14.9 Å². The van der Waals surface area contributed by atoms with Gasteiger partial charge in [0, 0.05) is 17.7 Å². The minimum absolute atomic E-state index is 0.138. The average Bonchev–Trinajstić information content (AvgIpc) is 3.11. The van der Waals surface area contributed by atoms with Crippen molar-refractivity contribution < 1.29 is 89.0 Å². The molecule has 0 amide bonds. The average molecular weight is 741 g/mol. The molecular weight excluding hydrogens is 700 g/mol. The molecule has 1 aromatic heterocycles. The Bertz CT molecular complexity index is 1770. The standard InChI is InChI=1S/C33H40O19/c1-10-19(36)23(40)26(43)31(47-10)46-9-17-21(38)25(42)28(45)33(51-17)52-30-22(39)18-15(35)7-14(49-32-27(44)24(41)20(37)11(2)48-32)8-16(18)50-29(30)12-3-5-13(34)6-4-12/h3-8,10-11,17,19-21,23-28,31-38,40-45H,9H2,1-2H3/t10-,11-,17+,19-,20-,21-,23+,24+,25-,26+,27+,28-,31+,32-,33-/m0/s1. The molecule has 0 unspecified atom stereocenters. The van der Waals surface area contributed by atoms with Crippen molar-refractivity contribution in [3.63, 3.8) is 0 Å². The maximum absolute atomic E-state index is 14.0. The molecule has 19 heteroatoms. The highest BCUT2D eigenvalue weighted by Crippen LogP contribution is 2.38. The second kappa shape index (κ2) is 15.0. The zero-order valence-electron chi connectivity index (χ0n) is 27.5. The number of benzene rings is 2. The lowest BCUT2D eigenvalue weighted by atomic mass is 9.98. The third-order valence-corrected chi connectivity index (χ3v) is 9.23. The van der Waals surface area contributed by atoms with Crippen molar-refractivity contribution in [3.8, 4) is 34.3 Å². The second-order valence-electron chi connectivity index (χ2n) is 12.9. The number of aromatic hydroxyl groups is 2. The number of phenolic OH excluding ortho intramolecular Hbond substituents is 2. The minimum atomic E-state index is -1.98. The van der Waals surface area contributed by atoms with Gasteiger partial charge in [0.1, 0.15) is 89.3 Å². The fraction of sp³-hybridized carbons (Fsp3) is 0.545. The number of aliphatic hydroxyl groups excluding tert-OH is 9. The third-order valence-electron chi connectivity index (χ3n) is 9.23. The number of fused-ring (bicyclic) bond motifs is 1. The Labute approximate surface area is 293 Å². The summed E-state index contributed by atoms with van der Waals surface area (Å²) < 4.78 is 39.5. The van der Waals surface area contributed by atoms with Gasteiger partial charge in [-0.2, -0.15) is 0 Å². The van der Waals surface area contributed by atoms with Crippen LogP contribution in [0.25, 0.3) is 22.3 Å². The first kappa shape index (κ1) is 38.1. The van der Waals surface area contributed by atoms with Gasteiger partial charge < -0.3 is 89.0 Å². The summed E-state index contributed by atoms with van der Waals surface area (Å²) >= 11 is 0. The first-order valence-corrected chi connectivity index (χ1v) is 16.2. The van der Waals surface area contributed by atoms with Gasteiger partial charge in [-0.05, 0) is 38.1 Å². The van der Waals surface area contributed by atoms with E-state index in [4.69, 9.17) is 32.8 Å². The third kappa shape index (κ3) is 7.16. The Morgan fingerprint density at radius 2 is 1.17 bits per heavy atom. The van der Waals surface area contributed by atoms with Crippen LogP contribution in [0.3, 0.4) is 0 Å². The molecular formula is C33H40O19. The zero-order valence-corrected chi connectivity index (χ0v) is 27.5. The molecule has 0 bridgehead atoms. The quantitative estimate of drug-likeness (QED) is 0.110. The molecule has 15 atom stereocenters. The fourth-order valence-electron chi connectivity index (χ4n) is 6.09. The van der Waals surface area contributed by atoms with E-state index >= 15 is 0 Å². The van der Waals surface area contributed by atoms with E-state index in [0.29, 0.717) is 0 Å². The van der Waals surface area contributed by atoms with Gasteiger partial charge in [-0.3, -0.25) is 4.79 Å². The Morgan fingerprint density at radius 1 is 0.635 bits per heavy atom. The van der Waals surface area contributed by atoms with E-state index in [2.05, 4.69) is 0 Å². The molecule has 52 heavy (non-hydrogen) atoms. The molecule has 286 valence electrons. The predicted octanol–water partition coefficient (Wildman–Crippen LogP) is -2.89. The van der Waals surface area contributed by atoms with Crippen LogP contribution in [0.4, 0.5) is 0 Å². The summed E-state index contributed by atoms with van der Waals surface area (Å²) in [6.45, 7) is 2.25. The number of aliphatic hydroxyl groups is 9. The molecule has 0 spiro atoms. The maximum Gasteiger partial charge on any atom is 0.239 e. The molecule has 0 aliphatic carbocycles. The van der Waals surface area contributed by atoms with Gasteiger partial charge >= 0.3 is 0 Å². The van der Waals surface area contributed by atoms with Gasteiger partial charge in [-0.1, -0.05) is 0 Å². The molecule has 19 nitrogen and oxygen atoms in total. The molecule has 2 aromatic carbocycles. The van der Waals surface area contributed by atoms with Crippen molar-refractivity contribution >= 4 is 11.0 Å². The monoisotopic (exact) mass is 740 g/mol. The number of hydrogen-bond acceptors (Lipinski definition) is 19. The first-order valence-electron chi connectivity index (χ1n) is 16.2. The van der Waals surface area contributed by atoms with Gasteiger partial charge in [-0.25, -0.2) is 0 Å². The molecule has 3 aliphatic heterocycles. The summed E-state index contributed by atoms with van der Waals surface area (Å²) in [5, 5.41) is 114. The van der Waals surface area contributed by atoms with E-state index in [1.807, 2.05) is 0 Å². The number of rotatable bonds is 8. The summed E-state index contributed by atoms with van der Waals surface area (Å²) in [5.41, 5.74) is -1.16.